The van der Waals surface area contributed by atoms with E-state index in [2.05, 4.69) is 42.5 Å². The molecular formula is C24H28N2O2. The van der Waals surface area contributed by atoms with E-state index in [4.69, 9.17) is 0 Å². The number of aromatic nitrogens is 1. The van der Waals surface area contributed by atoms with Gasteiger partial charge in [0.1, 0.15) is 0 Å². The second kappa shape index (κ2) is 7.17. The number of nitrogens with zero attached hydrogens (tertiary/aromatic N) is 2. The van der Waals surface area contributed by atoms with E-state index in [9.17, 15) is 9.59 Å². The summed E-state index contributed by atoms with van der Waals surface area (Å²) in [4.78, 5) is 26.6. The summed E-state index contributed by atoms with van der Waals surface area (Å²) in [5.74, 6) is 0.309. The molecule has 0 atom stereocenters. The molecule has 0 unspecified atom stereocenters. The Kier molecular flexibility index (Phi) is 4.84. The number of hydrogen-bond donors (Lipinski definition) is 0. The molecule has 0 saturated heterocycles. The standard InChI is InChI=1S/C24H28N2O2/c1-15(2)25(4)12-5-13-26-21-9-6-17(16(3)27)14-20(21)24-19-8-11-23(28)18(19)7-10-22(24)26/h6-7,9-10,14-15H,5,8,11-13H2,1-4H3. The van der Waals surface area contributed by atoms with Crippen molar-refractivity contribution in [2.24, 2.45) is 0 Å². The first kappa shape index (κ1) is 18.9. The molecule has 0 fully saturated rings. The van der Waals surface area contributed by atoms with Crippen LogP contribution in [0.15, 0.2) is 30.3 Å². The first-order valence-corrected chi connectivity index (χ1v) is 10.2. The first-order valence-electron chi connectivity index (χ1n) is 10.2. The van der Waals surface area contributed by atoms with Crippen molar-refractivity contribution in [2.75, 3.05) is 13.6 Å². The molecule has 0 saturated carbocycles. The molecule has 146 valence electrons. The molecule has 1 aliphatic carbocycles. The number of hydrogen-bond acceptors (Lipinski definition) is 3. The molecule has 4 nitrogen and oxygen atoms in total. The third kappa shape index (κ3) is 3.06. The van der Waals surface area contributed by atoms with Gasteiger partial charge in [0.2, 0.25) is 0 Å². The summed E-state index contributed by atoms with van der Waals surface area (Å²) < 4.78 is 2.37. The number of aryl methyl sites for hydroxylation is 2. The van der Waals surface area contributed by atoms with Crippen LogP contribution in [-0.2, 0) is 13.0 Å². The molecule has 0 bridgehead atoms. The normalized spacial score (nSPS) is 14.0. The predicted molar refractivity (Wildman–Crippen MR) is 114 cm³/mol. The molecule has 0 amide bonds. The van der Waals surface area contributed by atoms with Crippen LogP contribution in [0.25, 0.3) is 21.8 Å². The topological polar surface area (TPSA) is 42.3 Å². The summed E-state index contributed by atoms with van der Waals surface area (Å²) in [5, 5.41) is 2.27. The van der Waals surface area contributed by atoms with Gasteiger partial charge in [-0.2, -0.15) is 0 Å². The van der Waals surface area contributed by atoms with Gasteiger partial charge in [-0.05, 0) is 83.1 Å². The highest BCUT2D eigenvalue weighted by Crippen LogP contribution is 2.37. The van der Waals surface area contributed by atoms with Gasteiger partial charge < -0.3 is 9.47 Å². The minimum atomic E-state index is 0.0741. The molecule has 28 heavy (non-hydrogen) atoms. The lowest BCUT2D eigenvalue weighted by Crippen LogP contribution is -2.27. The summed E-state index contributed by atoms with van der Waals surface area (Å²) in [5.41, 5.74) is 5.08. The van der Waals surface area contributed by atoms with E-state index >= 15 is 0 Å². The van der Waals surface area contributed by atoms with Crippen LogP contribution in [0.1, 0.15) is 59.9 Å². The first-order chi connectivity index (χ1) is 13.4. The Morgan fingerprint density at radius 1 is 1.14 bits per heavy atom. The zero-order valence-electron chi connectivity index (χ0n) is 17.2. The molecule has 1 aliphatic rings. The second-order valence-electron chi connectivity index (χ2n) is 8.28. The van der Waals surface area contributed by atoms with E-state index in [1.807, 2.05) is 18.2 Å². The van der Waals surface area contributed by atoms with Gasteiger partial charge in [0, 0.05) is 51.9 Å². The highest BCUT2D eigenvalue weighted by molar-refractivity contribution is 6.16. The molecule has 4 heteroatoms. The quantitative estimate of drug-likeness (QED) is 0.577. The number of ketones is 2. The van der Waals surface area contributed by atoms with E-state index in [1.165, 1.54) is 10.9 Å². The molecule has 0 N–H and O–H groups in total. The fraction of sp³-hybridized carbons (Fsp3) is 0.417. The molecule has 0 radical (unpaired) electrons. The van der Waals surface area contributed by atoms with Crippen LogP contribution in [0.5, 0.6) is 0 Å². The molecular weight excluding hydrogens is 348 g/mol. The molecule has 2 aromatic carbocycles. The molecule has 1 heterocycles. The lowest BCUT2D eigenvalue weighted by molar-refractivity contribution is 0.0991. The maximum Gasteiger partial charge on any atom is 0.163 e. The van der Waals surface area contributed by atoms with Crippen molar-refractivity contribution in [1.82, 2.24) is 9.47 Å². The van der Waals surface area contributed by atoms with Crippen LogP contribution in [0.2, 0.25) is 0 Å². The van der Waals surface area contributed by atoms with Crippen LogP contribution in [0.4, 0.5) is 0 Å². The van der Waals surface area contributed by atoms with Crippen molar-refractivity contribution in [3.05, 3.63) is 47.0 Å². The molecule has 1 aromatic heterocycles. The lowest BCUT2D eigenvalue weighted by Gasteiger charge is -2.21. The van der Waals surface area contributed by atoms with Gasteiger partial charge in [0.15, 0.2) is 11.6 Å². The smallest absolute Gasteiger partial charge is 0.163 e. The van der Waals surface area contributed by atoms with Gasteiger partial charge in [0.25, 0.3) is 0 Å². The van der Waals surface area contributed by atoms with Gasteiger partial charge in [0.05, 0.1) is 0 Å². The Labute approximate surface area is 166 Å². The van der Waals surface area contributed by atoms with Crippen molar-refractivity contribution in [1.29, 1.82) is 0 Å². The summed E-state index contributed by atoms with van der Waals surface area (Å²) in [7, 11) is 2.16. The van der Waals surface area contributed by atoms with Gasteiger partial charge in [-0.1, -0.05) is 0 Å². The van der Waals surface area contributed by atoms with Gasteiger partial charge >= 0.3 is 0 Å². The van der Waals surface area contributed by atoms with E-state index in [0.29, 0.717) is 12.5 Å². The van der Waals surface area contributed by atoms with Crippen LogP contribution in [-0.4, -0.2) is 40.7 Å². The highest BCUT2D eigenvalue weighted by Gasteiger charge is 2.25. The number of rotatable bonds is 6. The molecule has 0 spiro atoms. The Bertz CT molecular complexity index is 1090. The predicted octanol–water partition coefficient (Wildman–Crippen LogP) is 4.86. The third-order valence-corrected chi connectivity index (χ3v) is 6.22. The molecule has 3 aromatic rings. The highest BCUT2D eigenvalue weighted by atomic mass is 16.1. The zero-order valence-corrected chi connectivity index (χ0v) is 17.2. The number of fused-ring (bicyclic) bond motifs is 5. The van der Waals surface area contributed by atoms with Gasteiger partial charge in [-0.3, -0.25) is 9.59 Å². The summed E-state index contributed by atoms with van der Waals surface area (Å²) in [6, 6.07) is 10.6. The number of Topliss-reactive ketones (excluding diaryl/α,β-unsaturated/α-hetero) is 2. The Hall–Kier alpha value is -2.46. The van der Waals surface area contributed by atoms with Crippen LogP contribution >= 0.6 is 0 Å². The monoisotopic (exact) mass is 376 g/mol. The Balaban J connectivity index is 1.86. The fourth-order valence-corrected chi connectivity index (χ4v) is 4.35. The number of carbonyl (C=O) groups is 2. The Morgan fingerprint density at radius 2 is 1.89 bits per heavy atom. The van der Waals surface area contributed by atoms with Crippen LogP contribution in [0, 0.1) is 0 Å². The molecule has 0 aliphatic heterocycles. The van der Waals surface area contributed by atoms with Gasteiger partial charge in [-0.15, -0.1) is 0 Å². The van der Waals surface area contributed by atoms with E-state index in [0.717, 1.165) is 53.5 Å². The Morgan fingerprint density at radius 3 is 2.61 bits per heavy atom. The fourth-order valence-electron chi connectivity index (χ4n) is 4.35. The zero-order chi connectivity index (χ0) is 20.0. The summed E-state index contributed by atoms with van der Waals surface area (Å²) in [6.07, 6.45) is 2.44. The lowest BCUT2D eigenvalue weighted by atomic mass is 10.0. The van der Waals surface area contributed by atoms with Crippen LogP contribution in [0.3, 0.4) is 0 Å². The van der Waals surface area contributed by atoms with Crippen molar-refractivity contribution >= 4 is 33.4 Å². The molecule has 4 rings (SSSR count). The number of benzene rings is 2. The van der Waals surface area contributed by atoms with Crippen molar-refractivity contribution in [3.8, 4) is 0 Å². The van der Waals surface area contributed by atoms with Crippen molar-refractivity contribution in [3.63, 3.8) is 0 Å². The average molecular weight is 377 g/mol. The summed E-state index contributed by atoms with van der Waals surface area (Å²) >= 11 is 0. The van der Waals surface area contributed by atoms with Crippen molar-refractivity contribution in [2.45, 2.75) is 52.6 Å². The van der Waals surface area contributed by atoms with Crippen molar-refractivity contribution < 1.29 is 9.59 Å². The third-order valence-electron chi connectivity index (χ3n) is 6.22. The van der Waals surface area contributed by atoms with E-state index in [1.54, 1.807) is 6.92 Å². The number of carbonyl (C=O) groups excluding carboxylic acids is 2. The van der Waals surface area contributed by atoms with E-state index < -0.39 is 0 Å². The minimum absolute atomic E-state index is 0.0741. The maximum absolute atomic E-state index is 12.3. The second-order valence-corrected chi connectivity index (χ2v) is 8.28. The van der Waals surface area contributed by atoms with Crippen LogP contribution < -0.4 is 0 Å². The SMILES string of the molecule is CC(=O)c1ccc2c(c1)c1c3c(ccc1n2CCCN(C)C(C)C)C(=O)CC3. The summed E-state index contributed by atoms with van der Waals surface area (Å²) in [6.45, 7) is 7.99. The largest absolute Gasteiger partial charge is 0.340 e. The average Bonchev–Trinajstić information content (AvgIpc) is 3.19. The van der Waals surface area contributed by atoms with E-state index in [-0.39, 0.29) is 11.6 Å². The minimum Gasteiger partial charge on any atom is -0.340 e. The van der Waals surface area contributed by atoms with Gasteiger partial charge in [-0.25, -0.2) is 0 Å². The maximum atomic E-state index is 12.3.